The van der Waals surface area contributed by atoms with Crippen LogP contribution < -0.4 is 10.4 Å². The lowest BCUT2D eigenvalue weighted by Gasteiger charge is -2.47. The molecule has 1 aromatic carbocycles. The number of hydrogen-bond acceptors (Lipinski definition) is 3. The zero-order valence-corrected chi connectivity index (χ0v) is 12.7. The fourth-order valence-corrected chi connectivity index (χ4v) is 2.95. The van der Waals surface area contributed by atoms with Gasteiger partial charge in [0.25, 0.3) is 0 Å². The van der Waals surface area contributed by atoms with Gasteiger partial charge in [0.1, 0.15) is 11.9 Å². The first-order valence-electron chi connectivity index (χ1n) is 7.27. The SMILES string of the molecule is CC(C)(C)C1CC(Nc2cccc(F)c2)CCN1C(=O)[O-]. The van der Waals surface area contributed by atoms with Gasteiger partial charge in [-0.3, -0.25) is 0 Å². The van der Waals surface area contributed by atoms with Crippen LogP contribution in [0.15, 0.2) is 24.3 Å². The molecule has 2 atom stereocenters. The van der Waals surface area contributed by atoms with Gasteiger partial charge in [0.05, 0.1) is 0 Å². The number of likely N-dealkylation sites (tertiary alicyclic amines) is 1. The van der Waals surface area contributed by atoms with E-state index in [0.29, 0.717) is 19.4 Å². The number of rotatable bonds is 2. The maximum absolute atomic E-state index is 13.2. The van der Waals surface area contributed by atoms with Crippen LogP contribution in [0.25, 0.3) is 0 Å². The van der Waals surface area contributed by atoms with Gasteiger partial charge < -0.3 is 20.1 Å². The number of anilines is 1. The van der Waals surface area contributed by atoms with E-state index in [1.54, 1.807) is 6.07 Å². The summed E-state index contributed by atoms with van der Waals surface area (Å²) in [4.78, 5) is 12.7. The molecule has 1 aliphatic heterocycles. The fourth-order valence-electron chi connectivity index (χ4n) is 2.95. The maximum atomic E-state index is 13.2. The van der Waals surface area contributed by atoms with E-state index >= 15 is 0 Å². The minimum absolute atomic E-state index is 0.109. The third-order valence-electron chi connectivity index (χ3n) is 4.03. The normalized spacial score (nSPS) is 23.0. The molecule has 21 heavy (non-hydrogen) atoms. The highest BCUT2D eigenvalue weighted by Crippen LogP contribution is 2.32. The van der Waals surface area contributed by atoms with Crippen molar-refractivity contribution < 1.29 is 14.3 Å². The van der Waals surface area contributed by atoms with E-state index in [0.717, 1.165) is 5.69 Å². The van der Waals surface area contributed by atoms with Crippen LogP contribution >= 0.6 is 0 Å². The van der Waals surface area contributed by atoms with Crippen LogP contribution in [0.3, 0.4) is 0 Å². The number of nitrogens with zero attached hydrogens (tertiary/aromatic N) is 1. The maximum Gasteiger partial charge on any atom is 0.137 e. The lowest BCUT2D eigenvalue weighted by atomic mass is 9.79. The van der Waals surface area contributed by atoms with E-state index in [1.165, 1.54) is 17.0 Å². The molecule has 0 aliphatic carbocycles. The minimum atomic E-state index is -1.11. The molecule has 0 spiro atoms. The molecule has 2 unspecified atom stereocenters. The standard InChI is InChI=1S/C16H23FN2O2/c1-16(2,3)14-10-13(7-8-19(14)15(20)21)18-12-6-4-5-11(17)9-12/h4-6,9,13-14,18H,7-8,10H2,1-3H3,(H,20,21)/p-1. The Morgan fingerprint density at radius 2 is 2.14 bits per heavy atom. The summed E-state index contributed by atoms with van der Waals surface area (Å²) in [5.41, 5.74) is 0.567. The molecule has 4 nitrogen and oxygen atoms in total. The summed E-state index contributed by atoms with van der Waals surface area (Å²) in [5, 5.41) is 14.6. The number of piperidine rings is 1. The zero-order chi connectivity index (χ0) is 15.6. The van der Waals surface area contributed by atoms with Gasteiger partial charge in [-0.05, 0) is 36.5 Å². The number of hydrogen-bond donors (Lipinski definition) is 1. The molecule has 5 heteroatoms. The summed E-state index contributed by atoms with van der Waals surface area (Å²) < 4.78 is 13.2. The molecule has 1 saturated heterocycles. The van der Waals surface area contributed by atoms with Crippen molar-refractivity contribution in [2.24, 2.45) is 5.41 Å². The molecule has 116 valence electrons. The first-order valence-corrected chi connectivity index (χ1v) is 7.27. The highest BCUT2D eigenvalue weighted by atomic mass is 19.1. The van der Waals surface area contributed by atoms with Crippen LogP contribution in [0, 0.1) is 11.2 Å². The number of carboxylic acid groups (broad SMARTS) is 1. The van der Waals surface area contributed by atoms with E-state index in [9.17, 15) is 14.3 Å². The van der Waals surface area contributed by atoms with Gasteiger partial charge in [-0.2, -0.15) is 0 Å². The number of carbonyl (C=O) groups is 1. The molecule has 1 aliphatic rings. The van der Waals surface area contributed by atoms with Crippen LogP contribution in [0.2, 0.25) is 0 Å². The Morgan fingerprint density at radius 3 is 2.71 bits per heavy atom. The molecule has 0 aromatic heterocycles. The third-order valence-corrected chi connectivity index (χ3v) is 4.03. The van der Waals surface area contributed by atoms with Gasteiger partial charge in [-0.1, -0.05) is 26.8 Å². The van der Waals surface area contributed by atoms with Crippen molar-refractivity contribution in [1.82, 2.24) is 4.90 Å². The monoisotopic (exact) mass is 293 g/mol. The third kappa shape index (κ3) is 3.86. The molecule has 0 bridgehead atoms. The predicted molar refractivity (Wildman–Crippen MR) is 78.4 cm³/mol. The first-order chi connectivity index (χ1) is 9.77. The molecule has 1 amide bonds. The first kappa shape index (κ1) is 15.6. The Morgan fingerprint density at radius 1 is 1.43 bits per heavy atom. The molecule has 0 saturated carbocycles. The van der Waals surface area contributed by atoms with Crippen molar-refractivity contribution in [3.8, 4) is 0 Å². The number of amides is 1. The second kappa shape index (κ2) is 5.92. The highest BCUT2D eigenvalue weighted by Gasteiger charge is 2.36. The van der Waals surface area contributed by atoms with E-state index in [1.807, 2.05) is 26.8 Å². The quantitative estimate of drug-likeness (QED) is 0.911. The topological polar surface area (TPSA) is 55.4 Å². The summed E-state index contributed by atoms with van der Waals surface area (Å²) in [6, 6.07) is 6.36. The summed E-state index contributed by atoms with van der Waals surface area (Å²) in [6.07, 6.45) is 0.268. The lowest BCUT2D eigenvalue weighted by molar-refractivity contribution is -0.271. The smallest absolute Gasteiger partial charge is 0.137 e. The average molecular weight is 293 g/mol. The number of carbonyl (C=O) groups excluding carboxylic acids is 1. The second-order valence-electron chi connectivity index (χ2n) is 6.72. The average Bonchev–Trinajstić information content (AvgIpc) is 2.37. The van der Waals surface area contributed by atoms with Crippen molar-refractivity contribution in [3.05, 3.63) is 30.1 Å². The predicted octanol–water partition coefficient (Wildman–Crippen LogP) is 2.46. The molecule has 1 fully saturated rings. The Labute approximate surface area is 125 Å². The van der Waals surface area contributed by atoms with Crippen LogP contribution in [0.4, 0.5) is 14.9 Å². The Hall–Kier alpha value is -1.78. The van der Waals surface area contributed by atoms with Gasteiger partial charge in [0.2, 0.25) is 0 Å². The summed E-state index contributed by atoms with van der Waals surface area (Å²) in [6.45, 7) is 6.52. The zero-order valence-electron chi connectivity index (χ0n) is 12.7. The summed E-state index contributed by atoms with van der Waals surface area (Å²) in [7, 11) is 0. The van der Waals surface area contributed by atoms with E-state index in [-0.39, 0.29) is 23.3 Å². The number of halogens is 1. The van der Waals surface area contributed by atoms with Crippen molar-refractivity contribution in [2.75, 3.05) is 11.9 Å². The van der Waals surface area contributed by atoms with Crippen molar-refractivity contribution >= 4 is 11.8 Å². The molecule has 1 heterocycles. The number of nitrogens with one attached hydrogen (secondary N) is 1. The Kier molecular flexibility index (Phi) is 4.40. The summed E-state index contributed by atoms with van der Waals surface area (Å²) in [5.74, 6) is -0.278. The fraction of sp³-hybridized carbons (Fsp3) is 0.562. The summed E-state index contributed by atoms with van der Waals surface area (Å²) >= 11 is 0. The van der Waals surface area contributed by atoms with E-state index in [4.69, 9.17) is 0 Å². The Bertz CT molecular complexity index is 513. The van der Waals surface area contributed by atoms with Crippen molar-refractivity contribution in [1.29, 1.82) is 0 Å². The Balaban J connectivity index is 2.09. The lowest BCUT2D eigenvalue weighted by Crippen LogP contribution is -2.57. The molecule has 0 radical (unpaired) electrons. The molecule has 2 rings (SSSR count). The second-order valence-corrected chi connectivity index (χ2v) is 6.72. The largest absolute Gasteiger partial charge is 0.530 e. The molecule has 1 N–H and O–H groups in total. The van der Waals surface area contributed by atoms with Crippen molar-refractivity contribution in [3.63, 3.8) is 0 Å². The van der Waals surface area contributed by atoms with Crippen LogP contribution in [0.1, 0.15) is 33.6 Å². The molecular weight excluding hydrogens is 271 g/mol. The minimum Gasteiger partial charge on any atom is -0.530 e. The van der Waals surface area contributed by atoms with E-state index in [2.05, 4.69) is 5.32 Å². The molecule has 1 aromatic rings. The number of benzene rings is 1. The van der Waals surface area contributed by atoms with Gasteiger partial charge in [0, 0.05) is 24.3 Å². The van der Waals surface area contributed by atoms with Gasteiger partial charge in [0.15, 0.2) is 0 Å². The molecular formula is C16H22FN2O2-. The highest BCUT2D eigenvalue weighted by molar-refractivity contribution is 5.63. The van der Waals surface area contributed by atoms with Crippen LogP contribution in [-0.4, -0.2) is 29.6 Å². The van der Waals surface area contributed by atoms with Crippen molar-refractivity contribution in [2.45, 2.75) is 45.7 Å². The van der Waals surface area contributed by atoms with Gasteiger partial charge in [-0.25, -0.2) is 4.39 Å². The van der Waals surface area contributed by atoms with Crippen LogP contribution in [0.5, 0.6) is 0 Å². The van der Waals surface area contributed by atoms with E-state index < -0.39 is 6.09 Å². The van der Waals surface area contributed by atoms with Gasteiger partial charge in [-0.15, -0.1) is 0 Å². The van der Waals surface area contributed by atoms with Crippen LogP contribution in [-0.2, 0) is 0 Å². The van der Waals surface area contributed by atoms with Gasteiger partial charge >= 0.3 is 0 Å².